The average molecular weight is 397 g/mol. The highest BCUT2D eigenvalue weighted by Gasteiger charge is 2.17. The first-order valence-electron chi connectivity index (χ1n) is 5.58. The molecule has 0 heterocycles. The molecule has 1 amide bonds. The molecule has 1 aromatic rings. The standard InChI is InChI=1S/C11H13FIN3O4/c1-20-3-2-14-11(17)6-15-9-4-7(12)8(13)5-10(9)16(18)19/h4-5,15H,2-3,6H2,1H3,(H,14,17). The van der Waals surface area contributed by atoms with Gasteiger partial charge < -0.3 is 15.4 Å². The lowest BCUT2D eigenvalue weighted by Crippen LogP contribution is -2.32. The summed E-state index contributed by atoms with van der Waals surface area (Å²) >= 11 is 1.66. The largest absolute Gasteiger partial charge is 0.383 e. The van der Waals surface area contributed by atoms with Crippen molar-refractivity contribution in [2.75, 3.05) is 32.1 Å². The number of hydrogen-bond acceptors (Lipinski definition) is 5. The van der Waals surface area contributed by atoms with Gasteiger partial charge in [-0.05, 0) is 22.6 Å². The third kappa shape index (κ3) is 4.89. The van der Waals surface area contributed by atoms with Crippen LogP contribution in [0.2, 0.25) is 0 Å². The predicted octanol–water partition coefficient (Wildman–Crippen LogP) is 1.51. The third-order valence-corrected chi connectivity index (χ3v) is 3.13. The van der Waals surface area contributed by atoms with Gasteiger partial charge >= 0.3 is 0 Å². The van der Waals surface area contributed by atoms with Crippen LogP contribution in [0, 0.1) is 19.5 Å². The molecule has 1 aromatic carbocycles. The van der Waals surface area contributed by atoms with E-state index in [1.807, 2.05) is 0 Å². The van der Waals surface area contributed by atoms with Gasteiger partial charge in [0.15, 0.2) is 0 Å². The molecular weight excluding hydrogens is 384 g/mol. The number of halogens is 2. The van der Waals surface area contributed by atoms with E-state index in [2.05, 4.69) is 10.6 Å². The summed E-state index contributed by atoms with van der Waals surface area (Å²) in [7, 11) is 1.50. The first kappa shape index (κ1) is 16.6. The molecule has 0 saturated heterocycles. The highest BCUT2D eigenvalue weighted by molar-refractivity contribution is 14.1. The van der Waals surface area contributed by atoms with Crippen LogP contribution in [-0.4, -0.2) is 37.6 Å². The van der Waals surface area contributed by atoms with Crippen molar-refractivity contribution >= 4 is 39.9 Å². The molecule has 0 unspecified atom stereocenters. The molecule has 2 N–H and O–H groups in total. The molecule has 7 nitrogen and oxygen atoms in total. The zero-order valence-electron chi connectivity index (χ0n) is 10.6. The van der Waals surface area contributed by atoms with E-state index in [4.69, 9.17) is 4.74 Å². The lowest BCUT2D eigenvalue weighted by molar-refractivity contribution is -0.384. The molecular formula is C11H13FIN3O4. The molecule has 0 radical (unpaired) electrons. The maximum Gasteiger partial charge on any atom is 0.293 e. The third-order valence-electron chi connectivity index (χ3n) is 2.30. The first-order chi connectivity index (χ1) is 9.45. The Bertz CT molecular complexity index is 513. The van der Waals surface area contributed by atoms with E-state index in [0.717, 1.165) is 12.1 Å². The lowest BCUT2D eigenvalue weighted by atomic mass is 10.2. The Morgan fingerprint density at radius 1 is 1.55 bits per heavy atom. The van der Waals surface area contributed by atoms with Crippen LogP contribution in [0.5, 0.6) is 0 Å². The van der Waals surface area contributed by atoms with Crippen LogP contribution in [0.4, 0.5) is 15.8 Å². The first-order valence-corrected chi connectivity index (χ1v) is 6.66. The Kier molecular flexibility index (Phi) is 6.58. The fourth-order valence-electron chi connectivity index (χ4n) is 1.36. The van der Waals surface area contributed by atoms with Gasteiger partial charge in [0, 0.05) is 25.8 Å². The summed E-state index contributed by atoms with van der Waals surface area (Å²) in [5.74, 6) is -0.950. The molecule has 0 aliphatic heterocycles. The van der Waals surface area contributed by atoms with Gasteiger partial charge in [-0.15, -0.1) is 0 Å². The Hall–Kier alpha value is -1.49. The molecule has 0 saturated carbocycles. The molecule has 0 atom stereocenters. The second-order valence-electron chi connectivity index (χ2n) is 3.74. The van der Waals surface area contributed by atoms with Gasteiger partial charge in [-0.25, -0.2) is 4.39 Å². The summed E-state index contributed by atoms with van der Waals surface area (Å²) in [4.78, 5) is 21.7. The minimum absolute atomic E-state index is 0.0326. The molecule has 0 fully saturated rings. The number of ether oxygens (including phenoxy) is 1. The van der Waals surface area contributed by atoms with Crippen LogP contribution in [0.3, 0.4) is 0 Å². The van der Waals surface area contributed by atoms with Crippen molar-refractivity contribution < 1.29 is 18.8 Å². The number of carbonyl (C=O) groups excluding carboxylic acids is 1. The van der Waals surface area contributed by atoms with E-state index in [-0.39, 0.29) is 27.4 Å². The SMILES string of the molecule is COCCNC(=O)CNc1cc(F)c(I)cc1[N+](=O)[O-]. The second kappa shape index (κ2) is 7.94. The lowest BCUT2D eigenvalue weighted by Gasteiger charge is -2.08. The van der Waals surface area contributed by atoms with Crippen molar-refractivity contribution in [1.82, 2.24) is 5.32 Å². The van der Waals surface area contributed by atoms with Crippen LogP contribution in [0.1, 0.15) is 0 Å². The highest BCUT2D eigenvalue weighted by Crippen LogP contribution is 2.28. The number of hydrogen-bond donors (Lipinski definition) is 2. The Balaban J connectivity index is 2.69. The molecule has 9 heteroatoms. The maximum atomic E-state index is 13.4. The number of benzene rings is 1. The van der Waals surface area contributed by atoms with Gasteiger partial charge in [0.1, 0.15) is 11.5 Å². The van der Waals surface area contributed by atoms with Gasteiger partial charge in [-0.1, -0.05) is 0 Å². The number of amides is 1. The number of nitrogens with one attached hydrogen (secondary N) is 2. The summed E-state index contributed by atoms with van der Waals surface area (Å²) in [6, 6.07) is 2.11. The van der Waals surface area contributed by atoms with E-state index < -0.39 is 10.7 Å². The molecule has 1 rings (SSSR count). The molecule has 20 heavy (non-hydrogen) atoms. The van der Waals surface area contributed by atoms with Gasteiger partial charge in [-0.3, -0.25) is 14.9 Å². The Morgan fingerprint density at radius 3 is 2.85 bits per heavy atom. The van der Waals surface area contributed by atoms with Crippen molar-refractivity contribution in [2.45, 2.75) is 0 Å². The molecule has 110 valence electrons. The average Bonchev–Trinajstić information content (AvgIpc) is 2.39. The van der Waals surface area contributed by atoms with Gasteiger partial charge in [0.25, 0.3) is 5.69 Å². The van der Waals surface area contributed by atoms with Crippen molar-refractivity contribution in [2.24, 2.45) is 0 Å². The number of carbonyl (C=O) groups is 1. The molecule has 0 aliphatic rings. The van der Waals surface area contributed by atoms with Crippen molar-refractivity contribution in [1.29, 1.82) is 0 Å². The van der Waals surface area contributed by atoms with Gasteiger partial charge in [-0.2, -0.15) is 0 Å². The van der Waals surface area contributed by atoms with E-state index in [9.17, 15) is 19.3 Å². The molecule has 0 aliphatic carbocycles. The van der Waals surface area contributed by atoms with E-state index in [1.54, 1.807) is 22.6 Å². The van der Waals surface area contributed by atoms with Crippen molar-refractivity contribution in [3.63, 3.8) is 0 Å². The van der Waals surface area contributed by atoms with Gasteiger partial charge in [0.05, 0.1) is 21.6 Å². The quantitative estimate of drug-likeness (QED) is 0.315. The van der Waals surface area contributed by atoms with Gasteiger partial charge in [0.2, 0.25) is 5.91 Å². The normalized spacial score (nSPS) is 10.2. The fourth-order valence-corrected chi connectivity index (χ4v) is 1.81. The predicted molar refractivity (Wildman–Crippen MR) is 79.1 cm³/mol. The van der Waals surface area contributed by atoms with Crippen LogP contribution in [0.25, 0.3) is 0 Å². The van der Waals surface area contributed by atoms with Crippen LogP contribution >= 0.6 is 22.6 Å². The van der Waals surface area contributed by atoms with Crippen LogP contribution < -0.4 is 10.6 Å². The number of methoxy groups -OCH3 is 1. The van der Waals surface area contributed by atoms with Crippen LogP contribution in [-0.2, 0) is 9.53 Å². The Labute approximate surface area is 128 Å². The number of nitro groups is 1. The Morgan fingerprint density at radius 2 is 2.25 bits per heavy atom. The molecule has 0 aromatic heterocycles. The second-order valence-corrected chi connectivity index (χ2v) is 4.90. The monoisotopic (exact) mass is 397 g/mol. The molecule has 0 bridgehead atoms. The topological polar surface area (TPSA) is 93.5 Å². The summed E-state index contributed by atoms with van der Waals surface area (Å²) in [5, 5.41) is 16.0. The summed E-state index contributed by atoms with van der Waals surface area (Å²) < 4.78 is 18.3. The number of rotatable bonds is 7. The van der Waals surface area contributed by atoms with E-state index in [1.165, 1.54) is 7.11 Å². The number of nitrogens with zero attached hydrogens (tertiary/aromatic N) is 1. The van der Waals surface area contributed by atoms with Crippen LogP contribution in [0.15, 0.2) is 12.1 Å². The van der Waals surface area contributed by atoms with Crippen molar-refractivity contribution in [3.05, 3.63) is 31.6 Å². The fraction of sp³-hybridized carbons (Fsp3) is 0.364. The van der Waals surface area contributed by atoms with Crippen molar-refractivity contribution in [3.8, 4) is 0 Å². The number of nitro benzene ring substituents is 1. The van der Waals surface area contributed by atoms with E-state index >= 15 is 0 Å². The highest BCUT2D eigenvalue weighted by atomic mass is 127. The summed E-state index contributed by atoms with van der Waals surface area (Å²) in [6.45, 7) is 0.509. The molecule has 0 spiro atoms. The zero-order valence-corrected chi connectivity index (χ0v) is 12.8. The smallest absolute Gasteiger partial charge is 0.293 e. The van der Waals surface area contributed by atoms with E-state index in [0.29, 0.717) is 13.2 Å². The minimum Gasteiger partial charge on any atom is -0.383 e. The minimum atomic E-state index is -0.632. The summed E-state index contributed by atoms with van der Waals surface area (Å²) in [5.41, 5.74) is -0.310. The maximum absolute atomic E-state index is 13.4. The number of anilines is 1. The summed E-state index contributed by atoms with van der Waals surface area (Å²) in [6.07, 6.45) is 0. The zero-order chi connectivity index (χ0) is 15.1.